The van der Waals surface area contributed by atoms with E-state index in [-0.39, 0.29) is 5.35 Å². The van der Waals surface area contributed by atoms with Crippen molar-refractivity contribution in [1.29, 1.82) is 0 Å². The van der Waals surface area contributed by atoms with Crippen molar-refractivity contribution in [1.82, 2.24) is 4.98 Å². The summed E-state index contributed by atoms with van der Waals surface area (Å²) in [5.74, 6) is 0.978. The van der Waals surface area contributed by atoms with Gasteiger partial charge in [-0.05, 0) is 35.3 Å². The van der Waals surface area contributed by atoms with E-state index in [1.807, 2.05) is 0 Å². The lowest BCUT2D eigenvalue weighted by molar-refractivity contribution is 0.523. The molecule has 0 saturated carbocycles. The Balaban J connectivity index is 2.43. The van der Waals surface area contributed by atoms with Gasteiger partial charge in [0.25, 0.3) is 5.35 Å². The fourth-order valence-electron chi connectivity index (χ4n) is 0.813. The zero-order valence-corrected chi connectivity index (χ0v) is 7.26. The molecule has 3 nitrogen and oxygen atoms in total. The third kappa shape index (κ3) is 1.33. The second-order valence-electron chi connectivity index (χ2n) is 2.08. The number of hydrogen-bond donors (Lipinski definition) is 0. The van der Waals surface area contributed by atoms with Gasteiger partial charge in [0.15, 0.2) is 16.7 Å². The normalized spacial score (nSPS) is 10.5. The van der Waals surface area contributed by atoms with E-state index in [0.29, 0.717) is 16.7 Å². The topological polar surface area (TPSA) is 39.2 Å². The summed E-state index contributed by atoms with van der Waals surface area (Å²) < 4.78 is 10.0. The lowest BCUT2D eigenvalue weighted by Crippen LogP contribution is -1.62. The maximum atomic E-state index is 5.56. The van der Waals surface area contributed by atoms with E-state index in [1.165, 1.54) is 6.20 Å². The third-order valence-electron chi connectivity index (χ3n) is 1.29. The van der Waals surface area contributed by atoms with Gasteiger partial charge >= 0.3 is 0 Å². The minimum absolute atomic E-state index is 0.0810. The molecular weight excluding hydrogens is 201 g/mol. The Hall–Kier alpha value is -0.930. The summed E-state index contributed by atoms with van der Waals surface area (Å²) in [4.78, 5) is 3.70. The molecule has 0 aliphatic heterocycles. The van der Waals surface area contributed by atoms with Gasteiger partial charge < -0.3 is 8.83 Å². The molecule has 0 aliphatic rings. The minimum atomic E-state index is 0.0810. The fourth-order valence-corrected chi connectivity index (χ4v) is 1.09. The lowest BCUT2D eigenvalue weighted by Gasteiger charge is -1.85. The number of aromatic nitrogens is 1. The molecule has 0 spiro atoms. The first-order chi connectivity index (χ1) is 5.75. The molecule has 0 bridgehead atoms. The molecule has 2 aromatic heterocycles. The molecule has 12 heavy (non-hydrogen) atoms. The predicted molar refractivity (Wildman–Crippen MR) is 44.2 cm³/mol. The molecule has 2 heterocycles. The molecule has 2 aromatic rings. The van der Waals surface area contributed by atoms with E-state index in [1.54, 1.807) is 12.1 Å². The van der Waals surface area contributed by atoms with Crippen LogP contribution in [0.3, 0.4) is 0 Å². The van der Waals surface area contributed by atoms with E-state index in [9.17, 15) is 0 Å². The standard InChI is InChI=1S/C7H3Cl2NO2/c8-6-2-1-4(11-6)5-3-10-7(9)12-5/h1-3H. The summed E-state index contributed by atoms with van der Waals surface area (Å²) in [7, 11) is 0. The highest BCUT2D eigenvalue weighted by Crippen LogP contribution is 2.26. The van der Waals surface area contributed by atoms with Crippen molar-refractivity contribution in [2.24, 2.45) is 0 Å². The molecule has 0 atom stereocenters. The molecule has 0 aliphatic carbocycles. The zero-order valence-electron chi connectivity index (χ0n) is 5.75. The van der Waals surface area contributed by atoms with Gasteiger partial charge in [-0.3, -0.25) is 0 Å². The molecular formula is C7H3Cl2NO2. The van der Waals surface area contributed by atoms with Gasteiger partial charge in [0.1, 0.15) is 0 Å². The average Bonchev–Trinajstić information content (AvgIpc) is 2.58. The first kappa shape index (κ1) is 7.71. The van der Waals surface area contributed by atoms with Gasteiger partial charge in [-0.25, -0.2) is 4.98 Å². The molecule has 2 rings (SSSR count). The van der Waals surface area contributed by atoms with Crippen LogP contribution in [-0.4, -0.2) is 4.98 Å². The molecule has 0 saturated heterocycles. The lowest BCUT2D eigenvalue weighted by atomic mass is 10.4. The number of furan rings is 1. The molecule has 62 valence electrons. The van der Waals surface area contributed by atoms with Gasteiger partial charge in [0.05, 0.1) is 6.20 Å². The number of oxazole rings is 1. The van der Waals surface area contributed by atoms with Gasteiger partial charge in [-0.1, -0.05) is 0 Å². The summed E-state index contributed by atoms with van der Waals surface area (Å²) in [6.45, 7) is 0. The van der Waals surface area contributed by atoms with Crippen LogP contribution in [0.15, 0.2) is 27.2 Å². The second kappa shape index (κ2) is 2.84. The van der Waals surface area contributed by atoms with Gasteiger partial charge in [-0.2, -0.15) is 0 Å². The number of hydrogen-bond acceptors (Lipinski definition) is 3. The number of halogens is 2. The number of rotatable bonds is 1. The molecule has 0 unspecified atom stereocenters. The van der Waals surface area contributed by atoms with Gasteiger partial charge in [0, 0.05) is 0 Å². The number of nitrogens with zero attached hydrogens (tertiary/aromatic N) is 1. The highest BCUT2D eigenvalue weighted by molar-refractivity contribution is 6.29. The van der Waals surface area contributed by atoms with Crippen molar-refractivity contribution in [3.8, 4) is 11.5 Å². The largest absolute Gasteiger partial charge is 0.441 e. The van der Waals surface area contributed by atoms with Crippen LogP contribution in [-0.2, 0) is 0 Å². The molecule has 0 radical (unpaired) electrons. The Morgan fingerprint density at radius 2 is 1.92 bits per heavy atom. The zero-order chi connectivity index (χ0) is 8.55. The maximum absolute atomic E-state index is 5.56. The summed E-state index contributed by atoms with van der Waals surface area (Å²) in [5, 5.41) is 0.384. The van der Waals surface area contributed by atoms with E-state index >= 15 is 0 Å². The van der Waals surface area contributed by atoms with E-state index in [0.717, 1.165) is 0 Å². The average molecular weight is 204 g/mol. The highest BCUT2D eigenvalue weighted by atomic mass is 35.5. The fraction of sp³-hybridized carbons (Fsp3) is 0. The summed E-state index contributed by atoms with van der Waals surface area (Å²) >= 11 is 11.0. The van der Waals surface area contributed by atoms with Crippen LogP contribution < -0.4 is 0 Å². The smallest absolute Gasteiger partial charge is 0.292 e. The second-order valence-corrected chi connectivity index (χ2v) is 2.78. The Labute approximate surface area is 77.9 Å². The van der Waals surface area contributed by atoms with Crippen LogP contribution in [0.2, 0.25) is 10.6 Å². The predicted octanol–water partition coefficient (Wildman–Crippen LogP) is 3.24. The molecule has 0 N–H and O–H groups in total. The Morgan fingerprint density at radius 3 is 2.42 bits per heavy atom. The van der Waals surface area contributed by atoms with Crippen molar-refractivity contribution < 1.29 is 8.83 Å². The first-order valence-corrected chi connectivity index (χ1v) is 3.88. The Kier molecular flexibility index (Phi) is 1.83. The molecule has 0 fully saturated rings. The van der Waals surface area contributed by atoms with Gasteiger partial charge in [0.2, 0.25) is 0 Å². The van der Waals surface area contributed by atoms with Gasteiger partial charge in [-0.15, -0.1) is 0 Å². The summed E-state index contributed by atoms with van der Waals surface area (Å²) in [6.07, 6.45) is 1.47. The first-order valence-electron chi connectivity index (χ1n) is 3.13. The summed E-state index contributed by atoms with van der Waals surface area (Å²) in [5.41, 5.74) is 0. The van der Waals surface area contributed by atoms with Crippen molar-refractivity contribution >= 4 is 23.2 Å². The van der Waals surface area contributed by atoms with Crippen molar-refractivity contribution in [2.45, 2.75) is 0 Å². The minimum Gasteiger partial charge on any atom is -0.441 e. The van der Waals surface area contributed by atoms with Crippen LogP contribution in [0.4, 0.5) is 0 Å². The van der Waals surface area contributed by atoms with Crippen LogP contribution in [0.5, 0.6) is 0 Å². The van der Waals surface area contributed by atoms with E-state index in [2.05, 4.69) is 4.98 Å². The Morgan fingerprint density at radius 1 is 1.08 bits per heavy atom. The SMILES string of the molecule is Clc1ccc(-c2cnc(Cl)o2)o1. The molecule has 5 heteroatoms. The van der Waals surface area contributed by atoms with Crippen molar-refractivity contribution in [2.75, 3.05) is 0 Å². The molecule has 0 amide bonds. The van der Waals surface area contributed by atoms with Crippen molar-refractivity contribution in [3.05, 3.63) is 28.9 Å². The van der Waals surface area contributed by atoms with Crippen LogP contribution in [0.25, 0.3) is 11.5 Å². The maximum Gasteiger partial charge on any atom is 0.292 e. The van der Waals surface area contributed by atoms with Crippen LogP contribution in [0, 0.1) is 0 Å². The van der Waals surface area contributed by atoms with E-state index < -0.39 is 0 Å². The monoisotopic (exact) mass is 203 g/mol. The van der Waals surface area contributed by atoms with Crippen LogP contribution in [0.1, 0.15) is 0 Å². The summed E-state index contributed by atoms with van der Waals surface area (Å²) in [6, 6.07) is 3.30. The quantitative estimate of drug-likeness (QED) is 0.715. The Bertz CT molecular complexity index is 355. The van der Waals surface area contributed by atoms with Crippen LogP contribution >= 0.6 is 23.2 Å². The molecule has 0 aromatic carbocycles. The van der Waals surface area contributed by atoms with E-state index in [4.69, 9.17) is 32.0 Å². The highest BCUT2D eigenvalue weighted by Gasteiger charge is 2.08. The third-order valence-corrected chi connectivity index (χ3v) is 1.67. The van der Waals surface area contributed by atoms with Crippen molar-refractivity contribution in [3.63, 3.8) is 0 Å².